The third-order valence-corrected chi connectivity index (χ3v) is 4.74. The van der Waals surface area contributed by atoms with E-state index in [0.717, 1.165) is 38.0 Å². The summed E-state index contributed by atoms with van der Waals surface area (Å²) in [6.07, 6.45) is 7.91. The van der Waals surface area contributed by atoms with Crippen LogP contribution >= 0.6 is 0 Å². The molecule has 3 rings (SSSR count). The van der Waals surface area contributed by atoms with Gasteiger partial charge in [-0.2, -0.15) is 0 Å². The molecule has 5 nitrogen and oxygen atoms in total. The first-order valence-electron chi connectivity index (χ1n) is 9.12. The molecule has 1 fully saturated rings. The third kappa shape index (κ3) is 4.69. The average Bonchev–Trinajstić information content (AvgIpc) is 3.16. The molecule has 0 saturated carbocycles. The van der Waals surface area contributed by atoms with E-state index in [1.807, 2.05) is 23.2 Å². The lowest BCUT2D eigenvalue weighted by Gasteiger charge is -2.34. The molecule has 1 N–H and O–H groups in total. The standard InChI is InChI=1S/C20H27N3O2/c1-15(2)13-19(18-5-3-4-9-21-18)22-17-6-10-23(11-7-17)20(24)16-8-12-25-14-16/h3-5,8-9,12,14-15,17,19,22H,6-7,10-11,13H2,1-2H3. The molecule has 0 aliphatic carbocycles. The molecular formula is C20H27N3O2. The van der Waals surface area contributed by atoms with Crippen molar-refractivity contribution in [2.45, 2.75) is 45.2 Å². The Hall–Kier alpha value is -2.14. The SMILES string of the molecule is CC(C)CC(NC1CCN(C(=O)c2ccoc2)CC1)c1ccccn1. The summed E-state index contributed by atoms with van der Waals surface area (Å²) < 4.78 is 5.02. The highest BCUT2D eigenvalue weighted by atomic mass is 16.3. The largest absolute Gasteiger partial charge is 0.472 e. The molecule has 1 aliphatic heterocycles. The van der Waals surface area contributed by atoms with E-state index in [1.165, 1.54) is 6.26 Å². The van der Waals surface area contributed by atoms with Crippen LogP contribution in [0.1, 0.15) is 55.2 Å². The minimum absolute atomic E-state index is 0.0654. The number of carbonyl (C=O) groups is 1. The first-order valence-corrected chi connectivity index (χ1v) is 9.12. The number of piperidine rings is 1. The van der Waals surface area contributed by atoms with Gasteiger partial charge in [-0.15, -0.1) is 0 Å². The lowest BCUT2D eigenvalue weighted by atomic mass is 9.97. The predicted octanol–water partition coefficient (Wildman–Crippen LogP) is 3.66. The minimum atomic E-state index is 0.0654. The Morgan fingerprint density at radius 2 is 2.12 bits per heavy atom. The molecule has 2 aromatic heterocycles. The number of likely N-dealkylation sites (tertiary alicyclic amines) is 1. The molecule has 134 valence electrons. The fourth-order valence-corrected chi connectivity index (χ4v) is 3.43. The Balaban J connectivity index is 1.57. The number of hydrogen-bond acceptors (Lipinski definition) is 4. The molecule has 1 aliphatic rings. The molecule has 1 amide bonds. The molecule has 0 spiro atoms. The predicted molar refractivity (Wildman–Crippen MR) is 97.2 cm³/mol. The van der Waals surface area contributed by atoms with Crippen LogP contribution < -0.4 is 5.32 Å². The quantitative estimate of drug-likeness (QED) is 0.871. The number of rotatable bonds is 6. The third-order valence-electron chi connectivity index (χ3n) is 4.74. The maximum atomic E-state index is 12.4. The van der Waals surface area contributed by atoms with Crippen molar-refractivity contribution in [2.24, 2.45) is 5.92 Å². The van der Waals surface area contributed by atoms with Gasteiger partial charge in [-0.1, -0.05) is 19.9 Å². The number of furan rings is 1. The molecule has 5 heteroatoms. The highest BCUT2D eigenvalue weighted by Crippen LogP contribution is 2.23. The summed E-state index contributed by atoms with van der Waals surface area (Å²) in [5.74, 6) is 0.665. The van der Waals surface area contributed by atoms with Crippen molar-refractivity contribution >= 4 is 5.91 Å². The van der Waals surface area contributed by atoms with E-state index >= 15 is 0 Å². The van der Waals surface area contributed by atoms with Crippen LogP contribution in [0.4, 0.5) is 0 Å². The molecule has 1 atom stereocenters. The molecule has 25 heavy (non-hydrogen) atoms. The van der Waals surface area contributed by atoms with Crippen LogP contribution in [-0.2, 0) is 0 Å². The summed E-state index contributed by atoms with van der Waals surface area (Å²) >= 11 is 0. The molecule has 1 saturated heterocycles. The Morgan fingerprint density at radius 3 is 2.72 bits per heavy atom. The Labute approximate surface area is 149 Å². The van der Waals surface area contributed by atoms with Crippen LogP contribution in [0.15, 0.2) is 47.4 Å². The molecule has 0 radical (unpaired) electrons. The second-order valence-electron chi connectivity index (χ2n) is 7.18. The maximum Gasteiger partial charge on any atom is 0.257 e. The highest BCUT2D eigenvalue weighted by Gasteiger charge is 2.26. The van der Waals surface area contributed by atoms with E-state index in [0.29, 0.717) is 17.5 Å². The van der Waals surface area contributed by atoms with Crippen molar-refractivity contribution in [3.8, 4) is 0 Å². The van der Waals surface area contributed by atoms with Crippen molar-refractivity contribution in [1.29, 1.82) is 0 Å². The fourth-order valence-electron chi connectivity index (χ4n) is 3.43. The Morgan fingerprint density at radius 1 is 1.32 bits per heavy atom. The number of nitrogens with one attached hydrogen (secondary N) is 1. The zero-order valence-corrected chi connectivity index (χ0v) is 15.0. The van der Waals surface area contributed by atoms with Gasteiger partial charge in [0.1, 0.15) is 6.26 Å². The Bertz CT molecular complexity index is 647. The van der Waals surface area contributed by atoms with Crippen molar-refractivity contribution in [3.63, 3.8) is 0 Å². The highest BCUT2D eigenvalue weighted by molar-refractivity contribution is 5.93. The van der Waals surface area contributed by atoms with Crippen molar-refractivity contribution in [3.05, 3.63) is 54.2 Å². The van der Waals surface area contributed by atoms with Gasteiger partial charge in [0.05, 0.1) is 17.5 Å². The van der Waals surface area contributed by atoms with Gasteiger partial charge in [-0.05, 0) is 43.4 Å². The second kappa shape index (κ2) is 8.30. The van der Waals surface area contributed by atoms with E-state index in [2.05, 4.69) is 30.2 Å². The summed E-state index contributed by atoms with van der Waals surface area (Å²) in [4.78, 5) is 18.8. The van der Waals surface area contributed by atoms with Gasteiger partial charge in [-0.25, -0.2) is 0 Å². The van der Waals surface area contributed by atoms with Crippen LogP contribution in [0.3, 0.4) is 0 Å². The van der Waals surface area contributed by atoms with Crippen LogP contribution in [0.2, 0.25) is 0 Å². The number of hydrogen-bond donors (Lipinski definition) is 1. The van der Waals surface area contributed by atoms with Crippen LogP contribution in [0, 0.1) is 5.92 Å². The first-order chi connectivity index (χ1) is 12.1. The Kier molecular flexibility index (Phi) is 5.87. The summed E-state index contributed by atoms with van der Waals surface area (Å²) in [6, 6.07) is 8.50. The van der Waals surface area contributed by atoms with E-state index in [4.69, 9.17) is 4.42 Å². The lowest BCUT2D eigenvalue weighted by Crippen LogP contribution is -2.46. The van der Waals surface area contributed by atoms with Crippen molar-refractivity contribution in [2.75, 3.05) is 13.1 Å². The van der Waals surface area contributed by atoms with Crippen molar-refractivity contribution < 1.29 is 9.21 Å². The van der Waals surface area contributed by atoms with E-state index in [-0.39, 0.29) is 11.9 Å². The van der Waals surface area contributed by atoms with Gasteiger partial charge >= 0.3 is 0 Å². The number of pyridine rings is 1. The smallest absolute Gasteiger partial charge is 0.257 e. The monoisotopic (exact) mass is 341 g/mol. The summed E-state index contributed by atoms with van der Waals surface area (Å²) in [5.41, 5.74) is 1.74. The number of amides is 1. The molecule has 1 unspecified atom stereocenters. The zero-order chi connectivity index (χ0) is 17.6. The molecular weight excluding hydrogens is 314 g/mol. The summed E-state index contributed by atoms with van der Waals surface area (Å²) in [7, 11) is 0. The fraction of sp³-hybridized carbons (Fsp3) is 0.500. The zero-order valence-electron chi connectivity index (χ0n) is 15.0. The minimum Gasteiger partial charge on any atom is -0.472 e. The van der Waals surface area contributed by atoms with E-state index in [9.17, 15) is 4.79 Å². The maximum absolute atomic E-state index is 12.4. The lowest BCUT2D eigenvalue weighted by molar-refractivity contribution is 0.0699. The van der Waals surface area contributed by atoms with Gasteiger partial charge in [0.25, 0.3) is 5.91 Å². The molecule has 2 aromatic rings. The average molecular weight is 341 g/mol. The van der Waals surface area contributed by atoms with E-state index in [1.54, 1.807) is 12.3 Å². The van der Waals surface area contributed by atoms with Crippen LogP contribution in [0.25, 0.3) is 0 Å². The van der Waals surface area contributed by atoms with Gasteiger partial charge in [-0.3, -0.25) is 9.78 Å². The van der Waals surface area contributed by atoms with Crippen LogP contribution in [0.5, 0.6) is 0 Å². The van der Waals surface area contributed by atoms with Crippen LogP contribution in [-0.4, -0.2) is 34.9 Å². The molecule has 3 heterocycles. The van der Waals surface area contributed by atoms with Gasteiger partial charge in [0.2, 0.25) is 0 Å². The second-order valence-corrected chi connectivity index (χ2v) is 7.18. The normalized spacial score (nSPS) is 17.0. The number of nitrogens with zero attached hydrogens (tertiary/aromatic N) is 2. The first kappa shape index (κ1) is 17.7. The van der Waals surface area contributed by atoms with E-state index < -0.39 is 0 Å². The number of aromatic nitrogens is 1. The van der Waals surface area contributed by atoms with Gasteiger partial charge in [0.15, 0.2) is 0 Å². The molecule has 0 aromatic carbocycles. The number of carbonyl (C=O) groups excluding carboxylic acids is 1. The summed E-state index contributed by atoms with van der Waals surface area (Å²) in [6.45, 7) is 6.03. The van der Waals surface area contributed by atoms with Gasteiger partial charge < -0.3 is 14.6 Å². The van der Waals surface area contributed by atoms with Crippen molar-refractivity contribution in [1.82, 2.24) is 15.2 Å². The topological polar surface area (TPSA) is 58.4 Å². The summed E-state index contributed by atoms with van der Waals surface area (Å²) in [5, 5.41) is 3.78. The molecule has 0 bridgehead atoms. The van der Waals surface area contributed by atoms with Gasteiger partial charge in [0, 0.05) is 31.4 Å².